The van der Waals surface area contributed by atoms with Gasteiger partial charge in [0.25, 0.3) is 5.22 Å². The zero-order valence-electron chi connectivity index (χ0n) is 11.1. The molecule has 0 spiro atoms. The maximum absolute atomic E-state index is 11.6. The molecule has 2 aromatic rings. The van der Waals surface area contributed by atoms with Gasteiger partial charge < -0.3 is 9.73 Å². The lowest BCUT2D eigenvalue weighted by Crippen LogP contribution is -2.30. The van der Waals surface area contributed by atoms with Gasteiger partial charge in [-0.1, -0.05) is 23.4 Å². The van der Waals surface area contributed by atoms with Crippen molar-refractivity contribution in [1.82, 2.24) is 15.5 Å². The van der Waals surface area contributed by atoms with E-state index in [0.717, 1.165) is 5.56 Å². The van der Waals surface area contributed by atoms with Crippen LogP contribution < -0.4 is 5.32 Å². The van der Waals surface area contributed by atoms with E-state index in [9.17, 15) is 4.79 Å². The lowest BCUT2D eigenvalue weighted by atomic mass is 10.2. The quantitative estimate of drug-likeness (QED) is 0.860. The first-order valence-corrected chi connectivity index (χ1v) is 7.39. The highest BCUT2D eigenvalue weighted by Gasteiger charge is 2.17. The summed E-state index contributed by atoms with van der Waals surface area (Å²) in [5.74, 6) is 0.357. The Kier molecular flexibility index (Phi) is 5.03. The summed E-state index contributed by atoms with van der Waals surface area (Å²) in [5.41, 5.74) is 0.791. The van der Waals surface area contributed by atoms with E-state index in [2.05, 4.69) is 15.5 Å². The molecule has 0 fully saturated rings. The van der Waals surface area contributed by atoms with E-state index >= 15 is 0 Å². The first kappa shape index (κ1) is 14.9. The van der Waals surface area contributed by atoms with Crippen molar-refractivity contribution >= 4 is 29.3 Å². The number of nitrogens with one attached hydrogen (secondary N) is 1. The SMILES string of the molecule is CCNC(=O)[C@@H](C)Sc1nnc(-c2ccc(Cl)cc2)o1. The Hall–Kier alpha value is -1.53. The van der Waals surface area contributed by atoms with Crippen LogP contribution in [-0.2, 0) is 4.79 Å². The molecule has 0 bridgehead atoms. The highest BCUT2D eigenvalue weighted by atomic mass is 35.5. The van der Waals surface area contributed by atoms with Crippen molar-refractivity contribution in [1.29, 1.82) is 0 Å². The van der Waals surface area contributed by atoms with Crippen LogP contribution in [-0.4, -0.2) is 27.9 Å². The highest BCUT2D eigenvalue weighted by Crippen LogP contribution is 2.26. The van der Waals surface area contributed by atoms with Gasteiger partial charge in [-0.15, -0.1) is 10.2 Å². The average Bonchev–Trinajstić information content (AvgIpc) is 2.88. The van der Waals surface area contributed by atoms with Crippen molar-refractivity contribution in [2.75, 3.05) is 6.54 Å². The van der Waals surface area contributed by atoms with Gasteiger partial charge in [0.05, 0.1) is 5.25 Å². The van der Waals surface area contributed by atoms with Gasteiger partial charge in [-0.05, 0) is 38.1 Å². The lowest BCUT2D eigenvalue weighted by molar-refractivity contribution is -0.120. The van der Waals surface area contributed by atoms with Crippen LogP contribution in [0.3, 0.4) is 0 Å². The maximum atomic E-state index is 11.6. The molecule has 1 aromatic carbocycles. The van der Waals surface area contributed by atoms with Crippen LogP contribution in [0, 0.1) is 0 Å². The van der Waals surface area contributed by atoms with Crippen LogP contribution in [0.4, 0.5) is 0 Å². The number of thioether (sulfide) groups is 1. The first-order valence-electron chi connectivity index (χ1n) is 6.14. The first-order chi connectivity index (χ1) is 9.60. The van der Waals surface area contributed by atoms with E-state index in [-0.39, 0.29) is 11.2 Å². The Morgan fingerprint density at radius 2 is 2.10 bits per heavy atom. The molecule has 0 aliphatic rings. The fourth-order valence-electron chi connectivity index (χ4n) is 1.49. The fraction of sp³-hybridized carbons (Fsp3) is 0.308. The Balaban J connectivity index is 2.05. The summed E-state index contributed by atoms with van der Waals surface area (Å²) in [7, 11) is 0. The summed E-state index contributed by atoms with van der Waals surface area (Å²) in [5, 5.41) is 11.4. The number of carbonyl (C=O) groups excluding carboxylic acids is 1. The van der Waals surface area contributed by atoms with Crippen LogP contribution in [0.1, 0.15) is 13.8 Å². The van der Waals surface area contributed by atoms with E-state index in [1.807, 2.05) is 6.92 Å². The smallest absolute Gasteiger partial charge is 0.277 e. The molecule has 1 atom stereocenters. The van der Waals surface area contributed by atoms with E-state index < -0.39 is 0 Å². The Labute approximate surface area is 126 Å². The van der Waals surface area contributed by atoms with Crippen LogP contribution in [0.25, 0.3) is 11.5 Å². The van der Waals surface area contributed by atoms with Gasteiger partial charge in [-0.3, -0.25) is 4.79 Å². The molecule has 5 nitrogen and oxygen atoms in total. The molecule has 0 saturated heterocycles. The molecule has 1 N–H and O–H groups in total. The van der Waals surface area contributed by atoms with E-state index in [0.29, 0.717) is 22.7 Å². The van der Waals surface area contributed by atoms with Gasteiger partial charge in [0.1, 0.15) is 0 Å². The number of hydrogen-bond acceptors (Lipinski definition) is 5. The predicted octanol–water partition coefficient (Wildman–Crippen LogP) is 3.01. The topological polar surface area (TPSA) is 68.0 Å². The number of aromatic nitrogens is 2. The van der Waals surface area contributed by atoms with Gasteiger partial charge in [-0.25, -0.2) is 0 Å². The van der Waals surface area contributed by atoms with Crippen molar-refractivity contribution in [3.63, 3.8) is 0 Å². The molecular weight excluding hydrogens is 298 g/mol. The Morgan fingerprint density at radius 3 is 2.75 bits per heavy atom. The van der Waals surface area contributed by atoms with Crippen molar-refractivity contribution in [3.05, 3.63) is 29.3 Å². The molecule has 1 aromatic heterocycles. The second-order valence-corrected chi connectivity index (χ2v) is 5.76. The molecule has 1 amide bonds. The van der Waals surface area contributed by atoms with Gasteiger partial charge in [0.2, 0.25) is 11.8 Å². The van der Waals surface area contributed by atoms with Crippen molar-refractivity contribution < 1.29 is 9.21 Å². The van der Waals surface area contributed by atoms with E-state index in [4.69, 9.17) is 16.0 Å². The zero-order chi connectivity index (χ0) is 14.5. The number of hydrogen-bond donors (Lipinski definition) is 1. The van der Waals surface area contributed by atoms with Crippen molar-refractivity contribution in [2.45, 2.75) is 24.3 Å². The van der Waals surface area contributed by atoms with Crippen LogP contribution in [0.5, 0.6) is 0 Å². The third-order valence-electron chi connectivity index (χ3n) is 2.50. The Bertz CT molecular complexity index is 586. The van der Waals surface area contributed by atoms with Gasteiger partial charge >= 0.3 is 0 Å². The number of benzene rings is 1. The van der Waals surface area contributed by atoms with E-state index in [1.165, 1.54) is 11.8 Å². The van der Waals surface area contributed by atoms with Crippen LogP contribution >= 0.6 is 23.4 Å². The van der Waals surface area contributed by atoms with Crippen LogP contribution in [0.15, 0.2) is 33.9 Å². The zero-order valence-corrected chi connectivity index (χ0v) is 12.7. The summed E-state index contributed by atoms with van der Waals surface area (Å²) in [6, 6.07) is 7.12. The van der Waals surface area contributed by atoms with Crippen molar-refractivity contribution in [3.8, 4) is 11.5 Å². The van der Waals surface area contributed by atoms with E-state index in [1.54, 1.807) is 31.2 Å². The lowest BCUT2D eigenvalue weighted by Gasteiger charge is -2.07. The molecule has 7 heteroatoms. The summed E-state index contributed by atoms with van der Waals surface area (Å²) >= 11 is 7.05. The molecule has 0 radical (unpaired) electrons. The highest BCUT2D eigenvalue weighted by molar-refractivity contribution is 8.00. The van der Waals surface area contributed by atoms with Gasteiger partial charge in [-0.2, -0.15) is 0 Å². The summed E-state index contributed by atoms with van der Waals surface area (Å²) in [4.78, 5) is 11.6. The molecule has 106 valence electrons. The molecule has 1 heterocycles. The third kappa shape index (κ3) is 3.74. The minimum atomic E-state index is -0.284. The molecule has 0 aliphatic carbocycles. The van der Waals surface area contributed by atoms with Gasteiger partial charge in [0.15, 0.2) is 0 Å². The normalized spacial score (nSPS) is 12.2. The Morgan fingerprint density at radius 1 is 1.40 bits per heavy atom. The monoisotopic (exact) mass is 311 g/mol. The largest absolute Gasteiger partial charge is 0.411 e. The standard InChI is InChI=1S/C13H14ClN3O2S/c1-3-15-11(18)8(2)20-13-17-16-12(19-13)9-4-6-10(14)7-5-9/h4-8H,3H2,1-2H3,(H,15,18)/t8-/m1/s1. The third-order valence-corrected chi connectivity index (χ3v) is 3.68. The fourth-order valence-corrected chi connectivity index (χ4v) is 2.32. The number of rotatable bonds is 5. The summed E-state index contributed by atoms with van der Waals surface area (Å²) in [6.07, 6.45) is 0. The molecule has 0 saturated carbocycles. The number of nitrogens with zero attached hydrogens (tertiary/aromatic N) is 2. The van der Waals surface area contributed by atoms with Gasteiger partial charge in [0, 0.05) is 17.1 Å². The second-order valence-electron chi connectivity index (χ2n) is 4.03. The average molecular weight is 312 g/mol. The van der Waals surface area contributed by atoms with Crippen molar-refractivity contribution in [2.24, 2.45) is 0 Å². The number of halogens is 1. The summed E-state index contributed by atoms with van der Waals surface area (Å²) in [6.45, 7) is 4.27. The maximum Gasteiger partial charge on any atom is 0.277 e. The molecule has 20 heavy (non-hydrogen) atoms. The molecular formula is C13H14ClN3O2S. The minimum absolute atomic E-state index is 0.0521. The van der Waals surface area contributed by atoms with Crippen LogP contribution in [0.2, 0.25) is 5.02 Å². The molecule has 0 unspecified atom stereocenters. The number of amides is 1. The number of carbonyl (C=O) groups is 1. The minimum Gasteiger partial charge on any atom is -0.411 e. The predicted molar refractivity (Wildman–Crippen MR) is 78.7 cm³/mol. The molecule has 0 aliphatic heterocycles. The summed E-state index contributed by atoms with van der Waals surface area (Å²) < 4.78 is 5.53. The second kappa shape index (κ2) is 6.76. The molecule has 2 rings (SSSR count).